The molecule has 0 aliphatic carbocycles. The van der Waals surface area contributed by atoms with E-state index in [0.29, 0.717) is 5.57 Å². The molecule has 0 heterocycles. The van der Waals surface area contributed by atoms with Gasteiger partial charge in [-0.15, -0.1) is 0 Å². The molecule has 0 saturated carbocycles. The summed E-state index contributed by atoms with van der Waals surface area (Å²) >= 11 is 0. The Hall–Kier alpha value is -0.630. The van der Waals surface area contributed by atoms with Gasteiger partial charge in [-0.3, -0.25) is 4.79 Å². The van der Waals surface area contributed by atoms with E-state index in [1.165, 1.54) is 6.92 Å². The molecule has 0 spiro atoms. The second-order valence-electron chi connectivity index (χ2n) is 2.69. The highest BCUT2D eigenvalue weighted by molar-refractivity contribution is 5.78. The predicted molar refractivity (Wildman–Crippen MR) is 40.7 cm³/mol. The van der Waals surface area contributed by atoms with Gasteiger partial charge in [0.05, 0.1) is 6.10 Å². The van der Waals surface area contributed by atoms with Crippen LogP contribution in [0.2, 0.25) is 0 Å². The van der Waals surface area contributed by atoms with Gasteiger partial charge in [-0.25, -0.2) is 0 Å². The maximum atomic E-state index is 10.7. The van der Waals surface area contributed by atoms with Crippen LogP contribution in [0.3, 0.4) is 0 Å². The van der Waals surface area contributed by atoms with Crippen molar-refractivity contribution in [2.45, 2.75) is 26.9 Å². The Kier molecular flexibility index (Phi) is 3.30. The summed E-state index contributed by atoms with van der Waals surface area (Å²) in [4.78, 5) is 10.7. The topological polar surface area (TPSA) is 37.3 Å². The van der Waals surface area contributed by atoms with E-state index in [0.717, 1.165) is 0 Å². The number of hydrogen-bond donors (Lipinski definition) is 1. The number of Topliss-reactive ketones (excluding diaryl/α,β-unsaturated/α-hetero) is 1. The SMILES string of the molecule is C=C(C)C(O)C(C)C(C)=O. The molecule has 0 aromatic heterocycles. The summed E-state index contributed by atoms with van der Waals surface area (Å²) in [5.74, 6) is -0.326. The Labute approximate surface area is 61.6 Å². The lowest BCUT2D eigenvalue weighted by Gasteiger charge is -2.15. The van der Waals surface area contributed by atoms with Gasteiger partial charge in [0, 0.05) is 5.92 Å². The summed E-state index contributed by atoms with van der Waals surface area (Å²) in [7, 11) is 0. The zero-order valence-electron chi connectivity index (χ0n) is 6.72. The molecule has 0 radical (unpaired) electrons. The molecule has 10 heavy (non-hydrogen) atoms. The fourth-order valence-electron chi connectivity index (χ4n) is 0.649. The third-order valence-corrected chi connectivity index (χ3v) is 1.62. The fraction of sp³-hybridized carbons (Fsp3) is 0.625. The van der Waals surface area contributed by atoms with Crippen LogP contribution in [0.5, 0.6) is 0 Å². The molecule has 0 aromatic carbocycles. The number of aliphatic hydroxyl groups is 1. The lowest BCUT2D eigenvalue weighted by atomic mass is 9.96. The van der Waals surface area contributed by atoms with Crippen molar-refractivity contribution in [3.8, 4) is 0 Å². The van der Waals surface area contributed by atoms with Crippen molar-refractivity contribution in [1.82, 2.24) is 0 Å². The Morgan fingerprint density at radius 2 is 1.90 bits per heavy atom. The third-order valence-electron chi connectivity index (χ3n) is 1.62. The van der Waals surface area contributed by atoms with Crippen molar-refractivity contribution in [2.75, 3.05) is 0 Å². The van der Waals surface area contributed by atoms with Crippen LogP contribution in [0.25, 0.3) is 0 Å². The lowest BCUT2D eigenvalue weighted by Crippen LogP contribution is -2.24. The van der Waals surface area contributed by atoms with E-state index in [1.807, 2.05) is 0 Å². The minimum atomic E-state index is -0.683. The van der Waals surface area contributed by atoms with Gasteiger partial charge >= 0.3 is 0 Å². The molecule has 0 saturated heterocycles. The molecule has 58 valence electrons. The monoisotopic (exact) mass is 142 g/mol. The number of carbonyl (C=O) groups excluding carboxylic acids is 1. The minimum absolute atomic E-state index is 0.00417. The molecule has 1 N–H and O–H groups in total. The van der Waals surface area contributed by atoms with Gasteiger partial charge in [-0.1, -0.05) is 19.1 Å². The summed E-state index contributed by atoms with van der Waals surface area (Å²) in [6, 6.07) is 0. The average molecular weight is 142 g/mol. The Bertz CT molecular complexity index is 131. The van der Waals surface area contributed by atoms with E-state index in [-0.39, 0.29) is 11.7 Å². The first-order chi connectivity index (χ1) is 4.46. The predicted octanol–water partition coefficient (Wildman–Crippen LogP) is 1.15. The molecule has 0 aliphatic rings. The van der Waals surface area contributed by atoms with Gasteiger partial charge in [0.25, 0.3) is 0 Å². The second-order valence-corrected chi connectivity index (χ2v) is 2.69. The van der Waals surface area contributed by atoms with E-state index in [1.54, 1.807) is 13.8 Å². The molecule has 2 heteroatoms. The van der Waals surface area contributed by atoms with Crippen LogP contribution in [0.4, 0.5) is 0 Å². The van der Waals surface area contributed by atoms with Crippen LogP contribution in [0.15, 0.2) is 12.2 Å². The van der Waals surface area contributed by atoms with Crippen LogP contribution in [0.1, 0.15) is 20.8 Å². The number of ketones is 1. The normalized spacial score (nSPS) is 16.0. The molecule has 0 aliphatic heterocycles. The van der Waals surface area contributed by atoms with Crippen LogP contribution in [-0.2, 0) is 4.79 Å². The van der Waals surface area contributed by atoms with Gasteiger partial charge < -0.3 is 5.11 Å². The number of rotatable bonds is 3. The Morgan fingerprint density at radius 1 is 1.50 bits per heavy atom. The molecular weight excluding hydrogens is 128 g/mol. The van der Waals surface area contributed by atoms with Gasteiger partial charge in [-0.2, -0.15) is 0 Å². The molecule has 0 amide bonds. The highest BCUT2D eigenvalue weighted by atomic mass is 16.3. The highest BCUT2D eigenvalue weighted by Gasteiger charge is 2.18. The molecule has 0 fully saturated rings. The highest BCUT2D eigenvalue weighted by Crippen LogP contribution is 2.10. The standard InChI is InChI=1S/C8H14O2/c1-5(2)8(10)6(3)7(4)9/h6,8,10H,1H2,2-4H3. The van der Waals surface area contributed by atoms with Crippen molar-refractivity contribution in [1.29, 1.82) is 0 Å². The number of hydrogen-bond acceptors (Lipinski definition) is 2. The van der Waals surface area contributed by atoms with Crippen molar-refractivity contribution < 1.29 is 9.90 Å². The van der Waals surface area contributed by atoms with E-state index < -0.39 is 6.10 Å². The summed E-state index contributed by atoms with van der Waals surface area (Å²) < 4.78 is 0. The van der Waals surface area contributed by atoms with Crippen LogP contribution >= 0.6 is 0 Å². The summed E-state index contributed by atoms with van der Waals surface area (Å²) in [6.07, 6.45) is -0.683. The van der Waals surface area contributed by atoms with E-state index >= 15 is 0 Å². The van der Waals surface area contributed by atoms with Gasteiger partial charge in [0.2, 0.25) is 0 Å². The van der Waals surface area contributed by atoms with Crippen molar-refractivity contribution in [3.05, 3.63) is 12.2 Å². The van der Waals surface area contributed by atoms with Crippen molar-refractivity contribution in [2.24, 2.45) is 5.92 Å². The maximum Gasteiger partial charge on any atom is 0.135 e. The first-order valence-corrected chi connectivity index (χ1v) is 3.30. The molecule has 2 unspecified atom stereocenters. The first kappa shape index (κ1) is 9.37. The third kappa shape index (κ3) is 2.31. The van der Waals surface area contributed by atoms with Gasteiger partial charge in [0.1, 0.15) is 5.78 Å². The quantitative estimate of drug-likeness (QED) is 0.600. The van der Waals surface area contributed by atoms with E-state index in [4.69, 9.17) is 0 Å². The summed E-state index contributed by atoms with van der Waals surface area (Å²) in [5.41, 5.74) is 0.641. The molecule has 0 bridgehead atoms. The van der Waals surface area contributed by atoms with E-state index in [9.17, 15) is 9.90 Å². The summed E-state index contributed by atoms with van der Waals surface area (Å²) in [5, 5.41) is 9.25. The van der Waals surface area contributed by atoms with Crippen molar-refractivity contribution >= 4 is 5.78 Å². The van der Waals surface area contributed by atoms with Crippen molar-refractivity contribution in [3.63, 3.8) is 0 Å². The molecule has 0 aromatic rings. The zero-order valence-corrected chi connectivity index (χ0v) is 6.72. The lowest BCUT2D eigenvalue weighted by molar-refractivity contribution is -0.122. The second kappa shape index (κ2) is 3.52. The summed E-state index contributed by atoms with van der Waals surface area (Å²) in [6.45, 7) is 8.43. The Balaban J connectivity index is 4.07. The largest absolute Gasteiger partial charge is 0.388 e. The number of aliphatic hydroxyl groups excluding tert-OH is 1. The zero-order chi connectivity index (χ0) is 8.31. The smallest absolute Gasteiger partial charge is 0.135 e. The Morgan fingerprint density at radius 3 is 2.00 bits per heavy atom. The van der Waals surface area contributed by atoms with Gasteiger partial charge in [-0.05, 0) is 13.8 Å². The van der Waals surface area contributed by atoms with Crippen LogP contribution < -0.4 is 0 Å². The fourth-order valence-corrected chi connectivity index (χ4v) is 0.649. The molecule has 2 atom stereocenters. The van der Waals surface area contributed by atoms with Gasteiger partial charge in [0.15, 0.2) is 0 Å². The molecule has 2 nitrogen and oxygen atoms in total. The molecular formula is C8H14O2. The van der Waals surface area contributed by atoms with E-state index in [2.05, 4.69) is 6.58 Å². The minimum Gasteiger partial charge on any atom is -0.388 e. The van der Waals surface area contributed by atoms with Crippen LogP contribution in [0, 0.1) is 5.92 Å². The molecule has 0 rings (SSSR count). The number of carbonyl (C=O) groups is 1. The average Bonchev–Trinajstić information content (AvgIpc) is 1.84. The van der Waals surface area contributed by atoms with Crippen LogP contribution in [-0.4, -0.2) is 17.0 Å². The first-order valence-electron chi connectivity index (χ1n) is 3.30. The maximum absolute atomic E-state index is 10.7.